The van der Waals surface area contributed by atoms with E-state index in [1.807, 2.05) is 18.2 Å². The van der Waals surface area contributed by atoms with Crippen LogP contribution in [0.5, 0.6) is 0 Å². The number of nitrogens with zero attached hydrogens (tertiary/aromatic N) is 2. The van der Waals surface area contributed by atoms with Gasteiger partial charge in [0.1, 0.15) is 0 Å². The first-order valence-electron chi connectivity index (χ1n) is 6.53. The van der Waals surface area contributed by atoms with Gasteiger partial charge in [-0.2, -0.15) is 5.10 Å². The summed E-state index contributed by atoms with van der Waals surface area (Å²) in [5.74, 6) is 0.411. The molecule has 0 radical (unpaired) electrons. The summed E-state index contributed by atoms with van der Waals surface area (Å²) in [6.07, 6.45) is 5.12. The quantitative estimate of drug-likeness (QED) is 0.639. The zero-order chi connectivity index (χ0) is 13.7. The Labute approximate surface area is 113 Å². The summed E-state index contributed by atoms with van der Waals surface area (Å²) in [6.45, 7) is 0. The molecule has 4 heteroatoms. The van der Waals surface area contributed by atoms with E-state index in [-0.39, 0.29) is 5.78 Å². The summed E-state index contributed by atoms with van der Waals surface area (Å²) in [5.41, 5.74) is 7.54. The van der Waals surface area contributed by atoms with Gasteiger partial charge in [-0.15, -0.1) is 0 Å². The first kappa shape index (κ1) is 13.3. The molecule has 1 heterocycles. The number of hydrogen-bond donors (Lipinski definition) is 1. The molecule has 0 amide bonds. The highest BCUT2D eigenvalue weighted by Crippen LogP contribution is 2.14. The number of hydrogen-bond acceptors (Lipinski definition) is 3. The Morgan fingerprint density at radius 2 is 2.00 bits per heavy atom. The lowest BCUT2D eigenvalue weighted by molar-refractivity contribution is 0.0980. The number of anilines is 1. The molecule has 0 fully saturated rings. The number of unbranched alkanes of at least 4 members (excludes halogenated alkanes) is 1. The van der Waals surface area contributed by atoms with Gasteiger partial charge in [0.15, 0.2) is 11.6 Å². The minimum absolute atomic E-state index is 0.0821. The zero-order valence-electron chi connectivity index (χ0n) is 11.2. The highest BCUT2D eigenvalue weighted by Gasteiger charge is 2.12. The maximum atomic E-state index is 12.0. The summed E-state index contributed by atoms with van der Waals surface area (Å²) >= 11 is 0. The molecular formula is C15H19N3O. The van der Waals surface area contributed by atoms with Crippen LogP contribution >= 0.6 is 0 Å². The van der Waals surface area contributed by atoms with Crippen LogP contribution < -0.4 is 5.73 Å². The van der Waals surface area contributed by atoms with Gasteiger partial charge in [0.25, 0.3) is 0 Å². The summed E-state index contributed by atoms with van der Waals surface area (Å²) < 4.78 is 1.58. The van der Waals surface area contributed by atoms with Crippen LogP contribution in [0.1, 0.15) is 35.2 Å². The van der Waals surface area contributed by atoms with E-state index >= 15 is 0 Å². The number of Topliss-reactive ketones (excluding diaryl/α,β-unsaturated/α-hetero) is 1. The van der Waals surface area contributed by atoms with E-state index in [0.717, 1.165) is 19.3 Å². The van der Waals surface area contributed by atoms with Crippen molar-refractivity contribution < 1.29 is 4.79 Å². The van der Waals surface area contributed by atoms with Crippen molar-refractivity contribution >= 4 is 11.6 Å². The van der Waals surface area contributed by atoms with Crippen LogP contribution in [0, 0.1) is 0 Å². The van der Waals surface area contributed by atoms with Gasteiger partial charge in [0.2, 0.25) is 0 Å². The number of nitrogen functional groups attached to an aromatic ring is 1. The lowest BCUT2D eigenvalue weighted by Crippen LogP contribution is -2.01. The molecule has 2 rings (SSSR count). The fourth-order valence-corrected chi connectivity index (χ4v) is 2.11. The fraction of sp³-hybridized carbons (Fsp3) is 0.333. The summed E-state index contributed by atoms with van der Waals surface area (Å²) in [4.78, 5) is 12.0. The number of rotatable bonds is 6. The Morgan fingerprint density at radius 1 is 1.26 bits per heavy atom. The van der Waals surface area contributed by atoms with Crippen LogP contribution in [-0.2, 0) is 13.5 Å². The second kappa shape index (κ2) is 6.18. The predicted octanol–water partition coefficient (Wildman–Crippen LogP) is 2.60. The Morgan fingerprint density at radius 3 is 2.63 bits per heavy atom. The molecule has 2 aromatic rings. The van der Waals surface area contributed by atoms with Crippen LogP contribution in [0.4, 0.5) is 5.82 Å². The number of aryl methyl sites for hydroxylation is 2. The molecule has 0 saturated heterocycles. The van der Waals surface area contributed by atoms with Crippen molar-refractivity contribution in [1.82, 2.24) is 9.78 Å². The molecule has 0 bridgehead atoms. The van der Waals surface area contributed by atoms with Crippen molar-refractivity contribution in [2.75, 3.05) is 5.73 Å². The lowest BCUT2D eigenvalue weighted by Gasteiger charge is -2.01. The molecule has 0 unspecified atom stereocenters. The van der Waals surface area contributed by atoms with Crippen molar-refractivity contribution in [3.63, 3.8) is 0 Å². The second-order valence-electron chi connectivity index (χ2n) is 4.72. The molecule has 0 saturated carbocycles. The standard InChI is InChI=1S/C15H19N3O/c1-18-11-13(15(16)17-18)14(19)10-6-5-9-12-7-3-2-4-8-12/h2-4,7-8,11H,5-6,9-10H2,1H3,(H2,16,17). The maximum absolute atomic E-state index is 12.0. The van der Waals surface area contributed by atoms with E-state index in [1.54, 1.807) is 17.9 Å². The predicted molar refractivity (Wildman–Crippen MR) is 75.9 cm³/mol. The topological polar surface area (TPSA) is 60.9 Å². The number of ketones is 1. The third kappa shape index (κ3) is 3.68. The largest absolute Gasteiger partial charge is 0.382 e. The molecular weight excluding hydrogens is 238 g/mol. The highest BCUT2D eigenvalue weighted by atomic mass is 16.1. The molecule has 0 aliphatic carbocycles. The molecule has 0 atom stereocenters. The van der Waals surface area contributed by atoms with Crippen LogP contribution in [0.3, 0.4) is 0 Å². The normalized spacial score (nSPS) is 10.6. The van der Waals surface area contributed by atoms with Gasteiger partial charge in [-0.1, -0.05) is 30.3 Å². The van der Waals surface area contributed by atoms with E-state index < -0.39 is 0 Å². The molecule has 1 aromatic carbocycles. The number of aromatic nitrogens is 2. The second-order valence-corrected chi connectivity index (χ2v) is 4.72. The molecule has 0 spiro atoms. The average molecular weight is 257 g/mol. The first-order valence-corrected chi connectivity index (χ1v) is 6.53. The third-order valence-corrected chi connectivity index (χ3v) is 3.12. The van der Waals surface area contributed by atoms with Gasteiger partial charge in [0, 0.05) is 19.7 Å². The van der Waals surface area contributed by atoms with E-state index in [9.17, 15) is 4.79 Å². The van der Waals surface area contributed by atoms with Crippen molar-refractivity contribution in [2.45, 2.75) is 25.7 Å². The zero-order valence-corrected chi connectivity index (χ0v) is 11.2. The van der Waals surface area contributed by atoms with Crippen LogP contribution in [-0.4, -0.2) is 15.6 Å². The SMILES string of the molecule is Cn1cc(C(=O)CCCCc2ccccc2)c(N)n1. The molecule has 4 nitrogen and oxygen atoms in total. The van der Waals surface area contributed by atoms with E-state index in [0.29, 0.717) is 17.8 Å². The Kier molecular flexibility index (Phi) is 4.34. The van der Waals surface area contributed by atoms with Crippen molar-refractivity contribution in [1.29, 1.82) is 0 Å². The summed E-state index contributed by atoms with van der Waals surface area (Å²) in [5, 5.41) is 3.98. The van der Waals surface area contributed by atoms with Crippen molar-refractivity contribution in [2.24, 2.45) is 7.05 Å². The van der Waals surface area contributed by atoms with Crippen molar-refractivity contribution in [3.8, 4) is 0 Å². The Hall–Kier alpha value is -2.10. The molecule has 100 valence electrons. The van der Waals surface area contributed by atoms with Gasteiger partial charge in [-0.05, 0) is 24.8 Å². The van der Waals surface area contributed by atoms with Gasteiger partial charge in [-0.3, -0.25) is 9.48 Å². The van der Waals surface area contributed by atoms with Crippen molar-refractivity contribution in [3.05, 3.63) is 47.7 Å². The summed E-state index contributed by atoms with van der Waals surface area (Å²) in [6, 6.07) is 10.3. The minimum atomic E-state index is 0.0821. The lowest BCUT2D eigenvalue weighted by atomic mass is 10.0. The Balaban J connectivity index is 1.77. The number of nitrogens with two attached hydrogens (primary N) is 1. The molecule has 2 N–H and O–H groups in total. The Bertz CT molecular complexity index is 546. The highest BCUT2D eigenvalue weighted by molar-refractivity contribution is 5.99. The summed E-state index contributed by atoms with van der Waals surface area (Å²) in [7, 11) is 1.77. The van der Waals surface area contributed by atoms with E-state index in [1.165, 1.54) is 5.56 Å². The number of carbonyl (C=O) groups is 1. The number of benzene rings is 1. The van der Waals surface area contributed by atoms with Crippen LogP contribution in [0.15, 0.2) is 36.5 Å². The van der Waals surface area contributed by atoms with Gasteiger partial charge in [-0.25, -0.2) is 0 Å². The van der Waals surface area contributed by atoms with Crippen LogP contribution in [0.2, 0.25) is 0 Å². The van der Waals surface area contributed by atoms with E-state index in [2.05, 4.69) is 17.2 Å². The van der Waals surface area contributed by atoms with Gasteiger partial charge >= 0.3 is 0 Å². The number of carbonyl (C=O) groups excluding carboxylic acids is 1. The third-order valence-electron chi connectivity index (χ3n) is 3.12. The van der Waals surface area contributed by atoms with Gasteiger partial charge in [0.05, 0.1) is 5.56 Å². The monoisotopic (exact) mass is 257 g/mol. The average Bonchev–Trinajstić information content (AvgIpc) is 2.75. The molecule has 19 heavy (non-hydrogen) atoms. The molecule has 0 aliphatic rings. The fourth-order valence-electron chi connectivity index (χ4n) is 2.11. The molecule has 0 aliphatic heterocycles. The molecule has 1 aromatic heterocycles. The van der Waals surface area contributed by atoms with E-state index in [4.69, 9.17) is 5.73 Å². The first-order chi connectivity index (χ1) is 9.16. The van der Waals surface area contributed by atoms with Crippen LogP contribution in [0.25, 0.3) is 0 Å². The smallest absolute Gasteiger partial charge is 0.168 e. The minimum Gasteiger partial charge on any atom is -0.382 e. The maximum Gasteiger partial charge on any atom is 0.168 e. The van der Waals surface area contributed by atoms with Gasteiger partial charge < -0.3 is 5.73 Å².